The second kappa shape index (κ2) is 5.26. The summed E-state index contributed by atoms with van der Waals surface area (Å²) in [5.41, 5.74) is 0. The molecule has 2 aromatic heterocycles. The SMILES string of the molecule is O=C(O)CN(Cn1cccn1)Cn1cccn1. The zero-order valence-electron chi connectivity index (χ0n) is 9.18. The number of rotatable bonds is 6. The summed E-state index contributed by atoms with van der Waals surface area (Å²) >= 11 is 0. The molecular formula is C10H13N5O2. The van der Waals surface area contributed by atoms with Crippen LogP contribution < -0.4 is 0 Å². The molecule has 0 aliphatic carbocycles. The largest absolute Gasteiger partial charge is 0.480 e. The number of aliphatic carboxylic acids is 1. The zero-order chi connectivity index (χ0) is 12.1. The minimum Gasteiger partial charge on any atom is -0.480 e. The molecule has 0 aliphatic rings. The van der Waals surface area contributed by atoms with Gasteiger partial charge in [-0.15, -0.1) is 0 Å². The Morgan fingerprint density at radius 3 is 2.00 bits per heavy atom. The Bertz CT molecular complexity index is 415. The molecule has 0 aromatic carbocycles. The summed E-state index contributed by atoms with van der Waals surface area (Å²) in [7, 11) is 0. The highest BCUT2D eigenvalue weighted by atomic mass is 16.4. The Morgan fingerprint density at radius 1 is 1.12 bits per heavy atom. The molecule has 0 atom stereocenters. The highest BCUT2D eigenvalue weighted by molar-refractivity contribution is 5.68. The maximum absolute atomic E-state index is 10.8. The molecule has 2 heterocycles. The zero-order valence-corrected chi connectivity index (χ0v) is 9.18. The van der Waals surface area contributed by atoms with Crippen LogP contribution in [0.5, 0.6) is 0 Å². The summed E-state index contributed by atoms with van der Waals surface area (Å²) in [6.45, 7) is 0.776. The van der Waals surface area contributed by atoms with E-state index in [1.54, 1.807) is 51.2 Å². The first kappa shape index (κ1) is 11.3. The molecule has 0 unspecified atom stereocenters. The van der Waals surface area contributed by atoms with E-state index in [0.29, 0.717) is 13.3 Å². The predicted molar refractivity (Wildman–Crippen MR) is 58.8 cm³/mol. The van der Waals surface area contributed by atoms with Crippen molar-refractivity contribution >= 4 is 5.97 Å². The number of hydrogen-bond acceptors (Lipinski definition) is 4. The molecule has 90 valence electrons. The minimum atomic E-state index is -0.871. The highest BCUT2D eigenvalue weighted by Crippen LogP contribution is 1.97. The van der Waals surface area contributed by atoms with Crippen molar-refractivity contribution in [1.82, 2.24) is 24.5 Å². The molecule has 17 heavy (non-hydrogen) atoms. The Balaban J connectivity index is 2.00. The van der Waals surface area contributed by atoms with Crippen LogP contribution in [-0.2, 0) is 18.1 Å². The van der Waals surface area contributed by atoms with E-state index in [9.17, 15) is 4.79 Å². The van der Waals surface area contributed by atoms with Crippen molar-refractivity contribution in [2.24, 2.45) is 0 Å². The molecule has 0 spiro atoms. The fraction of sp³-hybridized carbons (Fsp3) is 0.300. The topological polar surface area (TPSA) is 76.2 Å². The average Bonchev–Trinajstić information content (AvgIpc) is 2.89. The minimum absolute atomic E-state index is 0.0558. The van der Waals surface area contributed by atoms with Gasteiger partial charge in [0.25, 0.3) is 0 Å². The van der Waals surface area contributed by atoms with E-state index in [1.165, 1.54) is 0 Å². The van der Waals surface area contributed by atoms with Gasteiger partial charge in [-0.05, 0) is 12.1 Å². The quantitative estimate of drug-likeness (QED) is 0.767. The van der Waals surface area contributed by atoms with Crippen LogP contribution in [0.4, 0.5) is 0 Å². The van der Waals surface area contributed by atoms with E-state index >= 15 is 0 Å². The van der Waals surface area contributed by atoms with Crippen LogP contribution >= 0.6 is 0 Å². The Hall–Kier alpha value is -2.15. The third kappa shape index (κ3) is 3.42. The Labute approximate surface area is 97.9 Å². The molecular weight excluding hydrogens is 222 g/mol. The van der Waals surface area contributed by atoms with Crippen LogP contribution in [-0.4, -0.2) is 42.1 Å². The molecule has 0 fully saturated rings. The van der Waals surface area contributed by atoms with Crippen LogP contribution in [0.3, 0.4) is 0 Å². The summed E-state index contributed by atoms with van der Waals surface area (Å²) in [6.07, 6.45) is 6.90. The van der Waals surface area contributed by atoms with Crippen molar-refractivity contribution in [3.63, 3.8) is 0 Å². The van der Waals surface area contributed by atoms with Gasteiger partial charge >= 0.3 is 5.97 Å². The summed E-state index contributed by atoms with van der Waals surface area (Å²) in [6, 6.07) is 3.60. The lowest BCUT2D eigenvalue weighted by atomic mass is 10.5. The normalized spacial score (nSPS) is 10.9. The fourth-order valence-corrected chi connectivity index (χ4v) is 1.51. The first-order valence-corrected chi connectivity index (χ1v) is 5.13. The standard InChI is InChI=1S/C10H13N5O2/c16-10(17)7-13(8-14-5-1-3-11-14)9-15-6-2-4-12-15/h1-6H,7-9H2,(H,16,17). The van der Waals surface area contributed by atoms with Gasteiger partial charge in [-0.25, -0.2) is 0 Å². The van der Waals surface area contributed by atoms with Gasteiger partial charge in [-0.1, -0.05) is 0 Å². The van der Waals surface area contributed by atoms with Gasteiger partial charge in [0.1, 0.15) is 0 Å². The average molecular weight is 235 g/mol. The Kier molecular flexibility index (Phi) is 3.51. The van der Waals surface area contributed by atoms with Gasteiger partial charge in [-0.3, -0.25) is 19.1 Å². The molecule has 0 bridgehead atoms. The number of carboxylic acid groups (broad SMARTS) is 1. The van der Waals surface area contributed by atoms with Crippen molar-refractivity contribution in [3.8, 4) is 0 Å². The van der Waals surface area contributed by atoms with E-state index in [2.05, 4.69) is 10.2 Å². The maximum Gasteiger partial charge on any atom is 0.317 e. The van der Waals surface area contributed by atoms with E-state index in [-0.39, 0.29) is 6.54 Å². The first-order chi connectivity index (χ1) is 8.24. The lowest BCUT2D eigenvalue weighted by molar-refractivity contribution is -0.139. The molecule has 0 radical (unpaired) electrons. The smallest absolute Gasteiger partial charge is 0.317 e. The van der Waals surface area contributed by atoms with E-state index < -0.39 is 5.97 Å². The molecule has 0 amide bonds. The van der Waals surface area contributed by atoms with Gasteiger partial charge in [0.15, 0.2) is 0 Å². The molecule has 2 aromatic rings. The van der Waals surface area contributed by atoms with Gasteiger partial charge in [0, 0.05) is 24.8 Å². The van der Waals surface area contributed by atoms with Gasteiger partial charge in [0.2, 0.25) is 0 Å². The number of nitrogens with zero attached hydrogens (tertiary/aromatic N) is 5. The molecule has 0 aliphatic heterocycles. The number of carbonyl (C=O) groups is 1. The number of hydrogen-bond donors (Lipinski definition) is 1. The van der Waals surface area contributed by atoms with Gasteiger partial charge < -0.3 is 5.11 Å². The lowest BCUT2D eigenvalue weighted by Gasteiger charge is -2.19. The number of aromatic nitrogens is 4. The second-order valence-corrected chi connectivity index (χ2v) is 3.60. The second-order valence-electron chi connectivity index (χ2n) is 3.60. The van der Waals surface area contributed by atoms with Crippen LogP contribution in [0.1, 0.15) is 0 Å². The van der Waals surface area contributed by atoms with E-state index in [4.69, 9.17) is 5.11 Å². The molecule has 7 heteroatoms. The lowest BCUT2D eigenvalue weighted by Crippen LogP contribution is -2.33. The monoisotopic (exact) mass is 235 g/mol. The van der Waals surface area contributed by atoms with Crippen LogP contribution in [0.25, 0.3) is 0 Å². The van der Waals surface area contributed by atoms with E-state index in [1.807, 2.05) is 0 Å². The van der Waals surface area contributed by atoms with Gasteiger partial charge in [-0.2, -0.15) is 10.2 Å². The summed E-state index contributed by atoms with van der Waals surface area (Å²) in [5, 5.41) is 16.9. The molecule has 7 nitrogen and oxygen atoms in total. The molecule has 0 saturated heterocycles. The fourth-order valence-electron chi connectivity index (χ4n) is 1.51. The van der Waals surface area contributed by atoms with Gasteiger partial charge in [0.05, 0.1) is 19.9 Å². The third-order valence-corrected chi connectivity index (χ3v) is 2.17. The number of carboxylic acids is 1. The maximum atomic E-state index is 10.8. The Morgan fingerprint density at radius 2 is 1.65 bits per heavy atom. The third-order valence-electron chi connectivity index (χ3n) is 2.17. The molecule has 0 saturated carbocycles. The summed E-state index contributed by atoms with van der Waals surface area (Å²) < 4.78 is 3.35. The van der Waals surface area contributed by atoms with Crippen molar-refractivity contribution < 1.29 is 9.90 Å². The van der Waals surface area contributed by atoms with Crippen molar-refractivity contribution in [3.05, 3.63) is 36.9 Å². The van der Waals surface area contributed by atoms with Crippen molar-refractivity contribution in [2.45, 2.75) is 13.3 Å². The molecule has 2 rings (SSSR count). The van der Waals surface area contributed by atoms with Crippen LogP contribution in [0.2, 0.25) is 0 Å². The van der Waals surface area contributed by atoms with Crippen LogP contribution in [0.15, 0.2) is 36.9 Å². The highest BCUT2D eigenvalue weighted by Gasteiger charge is 2.10. The van der Waals surface area contributed by atoms with E-state index in [0.717, 1.165) is 0 Å². The van der Waals surface area contributed by atoms with Crippen LogP contribution in [0, 0.1) is 0 Å². The molecule has 1 N–H and O–H groups in total. The summed E-state index contributed by atoms with van der Waals surface area (Å²) in [4.78, 5) is 12.5. The van der Waals surface area contributed by atoms with Crippen molar-refractivity contribution in [1.29, 1.82) is 0 Å². The predicted octanol–water partition coefficient (Wildman–Crippen LogP) is 0.0814. The first-order valence-electron chi connectivity index (χ1n) is 5.13. The van der Waals surface area contributed by atoms with Crippen molar-refractivity contribution in [2.75, 3.05) is 6.54 Å². The summed E-state index contributed by atoms with van der Waals surface area (Å²) in [5.74, 6) is -0.871.